The number of phenols is 1. The molecule has 0 amide bonds. The second-order valence-corrected chi connectivity index (χ2v) is 7.16. The molecule has 1 heterocycles. The highest BCUT2D eigenvalue weighted by molar-refractivity contribution is 5.63. The van der Waals surface area contributed by atoms with Crippen LogP contribution in [0.15, 0.2) is 42.7 Å². The second-order valence-electron chi connectivity index (χ2n) is 7.16. The predicted octanol–water partition coefficient (Wildman–Crippen LogP) is 4.94. The SMILES string of the molecule is C=Cc1cc(O)cc2c1O[C@@H](C1C=CC(O)=CC1)[C@H]1CC(F)(F)C[C@@H]21. The molecule has 1 aliphatic heterocycles. The Balaban J connectivity index is 1.79. The molecule has 4 rings (SSSR count). The van der Waals surface area contributed by atoms with E-state index in [0.717, 1.165) is 0 Å². The smallest absolute Gasteiger partial charge is 0.249 e. The molecule has 5 heteroatoms. The molecular formula is C20H20F2O3. The lowest BCUT2D eigenvalue weighted by Gasteiger charge is -2.40. The number of ether oxygens (including phenoxy) is 1. The summed E-state index contributed by atoms with van der Waals surface area (Å²) in [5, 5.41) is 19.5. The molecule has 1 saturated carbocycles. The highest BCUT2D eigenvalue weighted by Crippen LogP contribution is 2.57. The van der Waals surface area contributed by atoms with Gasteiger partial charge in [0, 0.05) is 35.8 Å². The van der Waals surface area contributed by atoms with E-state index in [1.54, 1.807) is 30.4 Å². The average molecular weight is 346 g/mol. The number of halogens is 2. The van der Waals surface area contributed by atoms with Gasteiger partial charge in [0.15, 0.2) is 0 Å². The van der Waals surface area contributed by atoms with E-state index in [9.17, 15) is 19.0 Å². The van der Waals surface area contributed by atoms with Crippen molar-refractivity contribution >= 4 is 6.08 Å². The van der Waals surface area contributed by atoms with Gasteiger partial charge in [-0.3, -0.25) is 0 Å². The van der Waals surface area contributed by atoms with Gasteiger partial charge in [-0.25, -0.2) is 8.78 Å². The van der Waals surface area contributed by atoms with E-state index in [0.29, 0.717) is 23.3 Å². The third-order valence-corrected chi connectivity index (χ3v) is 5.53. The van der Waals surface area contributed by atoms with Gasteiger partial charge in [-0.1, -0.05) is 18.7 Å². The fraction of sp³-hybridized carbons (Fsp3) is 0.400. The normalized spacial score (nSPS) is 32.3. The molecule has 0 aromatic heterocycles. The lowest BCUT2D eigenvalue weighted by molar-refractivity contribution is -0.00584. The molecule has 0 radical (unpaired) electrons. The van der Waals surface area contributed by atoms with Crippen LogP contribution >= 0.6 is 0 Å². The van der Waals surface area contributed by atoms with E-state index < -0.39 is 12.0 Å². The minimum absolute atomic E-state index is 0.0371. The number of benzene rings is 1. The molecule has 2 N–H and O–H groups in total. The number of aliphatic hydroxyl groups is 1. The summed E-state index contributed by atoms with van der Waals surface area (Å²) < 4.78 is 34.6. The van der Waals surface area contributed by atoms with E-state index in [2.05, 4.69) is 6.58 Å². The van der Waals surface area contributed by atoms with Gasteiger partial charge in [0.05, 0.1) is 0 Å². The molecular weight excluding hydrogens is 326 g/mol. The number of aromatic hydroxyl groups is 1. The van der Waals surface area contributed by atoms with Crippen molar-refractivity contribution in [3.8, 4) is 11.5 Å². The van der Waals surface area contributed by atoms with E-state index in [1.165, 1.54) is 0 Å². The van der Waals surface area contributed by atoms with E-state index in [4.69, 9.17) is 4.74 Å². The van der Waals surface area contributed by atoms with Crippen LogP contribution in [0.25, 0.3) is 6.08 Å². The van der Waals surface area contributed by atoms with Crippen LogP contribution in [0.4, 0.5) is 8.78 Å². The molecule has 0 bridgehead atoms. The van der Waals surface area contributed by atoms with Crippen molar-refractivity contribution in [1.29, 1.82) is 0 Å². The molecule has 132 valence electrons. The highest BCUT2D eigenvalue weighted by Gasteiger charge is 2.54. The first-order chi connectivity index (χ1) is 11.9. The first-order valence-electron chi connectivity index (χ1n) is 8.49. The molecule has 0 saturated heterocycles. The van der Waals surface area contributed by atoms with Gasteiger partial charge < -0.3 is 14.9 Å². The fourth-order valence-corrected chi connectivity index (χ4v) is 4.45. The van der Waals surface area contributed by atoms with Crippen molar-refractivity contribution in [1.82, 2.24) is 0 Å². The molecule has 2 aliphatic carbocycles. The molecule has 1 fully saturated rings. The summed E-state index contributed by atoms with van der Waals surface area (Å²) in [5.74, 6) is -2.73. The quantitative estimate of drug-likeness (QED) is 0.797. The van der Waals surface area contributed by atoms with Crippen LogP contribution < -0.4 is 4.74 Å². The first-order valence-corrected chi connectivity index (χ1v) is 8.49. The van der Waals surface area contributed by atoms with E-state index in [-0.39, 0.29) is 42.1 Å². The Bertz CT molecular complexity index is 781. The van der Waals surface area contributed by atoms with Crippen molar-refractivity contribution < 1.29 is 23.7 Å². The van der Waals surface area contributed by atoms with Crippen molar-refractivity contribution in [2.75, 3.05) is 0 Å². The van der Waals surface area contributed by atoms with Crippen molar-refractivity contribution in [3.05, 3.63) is 53.8 Å². The van der Waals surface area contributed by atoms with E-state index in [1.807, 2.05) is 6.08 Å². The van der Waals surface area contributed by atoms with Gasteiger partial charge in [-0.05, 0) is 36.6 Å². The lowest BCUT2D eigenvalue weighted by Crippen LogP contribution is -2.39. The summed E-state index contributed by atoms with van der Waals surface area (Å²) in [7, 11) is 0. The molecule has 1 aromatic rings. The number of allylic oxidation sites excluding steroid dienone is 2. The summed E-state index contributed by atoms with van der Waals surface area (Å²) in [6.07, 6.45) is 6.41. The number of fused-ring (bicyclic) bond motifs is 3. The highest BCUT2D eigenvalue weighted by atomic mass is 19.3. The summed E-state index contributed by atoms with van der Waals surface area (Å²) >= 11 is 0. The van der Waals surface area contributed by atoms with Crippen molar-refractivity contribution in [2.45, 2.75) is 37.2 Å². The van der Waals surface area contributed by atoms with Gasteiger partial charge in [0.2, 0.25) is 5.92 Å². The predicted molar refractivity (Wildman–Crippen MR) is 91.0 cm³/mol. The maximum Gasteiger partial charge on any atom is 0.249 e. The van der Waals surface area contributed by atoms with Gasteiger partial charge in [-0.2, -0.15) is 0 Å². The lowest BCUT2D eigenvalue weighted by atomic mass is 9.76. The van der Waals surface area contributed by atoms with E-state index >= 15 is 0 Å². The molecule has 25 heavy (non-hydrogen) atoms. The zero-order valence-corrected chi connectivity index (χ0v) is 13.7. The minimum atomic E-state index is -2.74. The fourth-order valence-electron chi connectivity index (χ4n) is 4.45. The van der Waals surface area contributed by atoms with Gasteiger partial charge in [0.1, 0.15) is 23.4 Å². The van der Waals surface area contributed by atoms with Gasteiger partial charge in [0.25, 0.3) is 0 Å². The number of phenolic OH excluding ortho intramolecular Hbond substituents is 1. The van der Waals surface area contributed by atoms with Crippen LogP contribution in [0.5, 0.6) is 11.5 Å². The standard InChI is InChI=1S/C20H20F2O3/c1-2-11-7-14(24)8-15-16-9-20(21,22)10-17(16)19(25-18(11)15)12-3-5-13(23)6-4-12/h2-3,5-8,12,16-17,19,23-24H,1,4,9-10H2/t12?,16-,17-,19-/m0/s1. The zero-order valence-electron chi connectivity index (χ0n) is 13.7. The largest absolute Gasteiger partial charge is 0.508 e. The number of hydrogen-bond donors (Lipinski definition) is 2. The van der Waals surface area contributed by atoms with Crippen LogP contribution in [0.2, 0.25) is 0 Å². The number of aliphatic hydroxyl groups excluding tert-OH is 1. The topological polar surface area (TPSA) is 49.7 Å². The Morgan fingerprint density at radius 3 is 2.72 bits per heavy atom. The van der Waals surface area contributed by atoms with Gasteiger partial charge >= 0.3 is 0 Å². The molecule has 1 aromatic carbocycles. The van der Waals surface area contributed by atoms with Crippen LogP contribution in [-0.4, -0.2) is 22.2 Å². The van der Waals surface area contributed by atoms with Gasteiger partial charge in [-0.15, -0.1) is 0 Å². The monoisotopic (exact) mass is 346 g/mol. The number of hydrogen-bond acceptors (Lipinski definition) is 3. The Morgan fingerprint density at radius 2 is 2.04 bits per heavy atom. The van der Waals surface area contributed by atoms with Crippen molar-refractivity contribution in [2.24, 2.45) is 11.8 Å². The van der Waals surface area contributed by atoms with Crippen LogP contribution in [-0.2, 0) is 0 Å². The zero-order chi connectivity index (χ0) is 17.8. The minimum Gasteiger partial charge on any atom is -0.508 e. The Kier molecular flexibility index (Phi) is 3.63. The molecule has 1 unspecified atom stereocenters. The molecule has 4 atom stereocenters. The summed E-state index contributed by atoms with van der Waals surface area (Å²) in [6, 6.07) is 3.08. The Morgan fingerprint density at radius 1 is 1.24 bits per heavy atom. The third-order valence-electron chi connectivity index (χ3n) is 5.53. The number of rotatable bonds is 2. The average Bonchev–Trinajstić information content (AvgIpc) is 2.90. The Labute approximate surface area is 144 Å². The number of alkyl halides is 2. The van der Waals surface area contributed by atoms with Crippen molar-refractivity contribution in [3.63, 3.8) is 0 Å². The van der Waals surface area contributed by atoms with Crippen LogP contribution in [0.1, 0.15) is 36.3 Å². The summed E-state index contributed by atoms with van der Waals surface area (Å²) in [4.78, 5) is 0. The molecule has 0 spiro atoms. The maximum absolute atomic E-state index is 14.2. The second kappa shape index (κ2) is 5.61. The van der Waals surface area contributed by atoms with Crippen LogP contribution in [0.3, 0.4) is 0 Å². The molecule has 3 aliphatic rings. The third kappa shape index (κ3) is 2.71. The summed E-state index contributed by atoms with van der Waals surface area (Å²) in [6.45, 7) is 3.75. The van der Waals surface area contributed by atoms with Crippen LogP contribution in [0, 0.1) is 11.8 Å². The first kappa shape index (κ1) is 16.2. The summed E-state index contributed by atoms with van der Waals surface area (Å²) in [5.41, 5.74) is 1.26. The maximum atomic E-state index is 14.2. The Hall–Kier alpha value is -2.30. The molecule has 3 nitrogen and oxygen atoms in total.